The Balaban J connectivity index is 1.26. The third-order valence-electron chi connectivity index (χ3n) is 8.29. The van der Waals surface area contributed by atoms with Crippen LogP contribution >= 0.6 is 0 Å². The molecule has 0 atom stereocenters. The van der Waals surface area contributed by atoms with Gasteiger partial charge < -0.3 is 13.6 Å². The van der Waals surface area contributed by atoms with Crippen LogP contribution in [0.5, 0.6) is 0 Å². The van der Waals surface area contributed by atoms with E-state index >= 15 is 0 Å². The molecule has 10 aromatic rings. The lowest BCUT2D eigenvalue weighted by Gasteiger charge is -2.12. The van der Waals surface area contributed by atoms with Crippen molar-refractivity contribution in [1.29, 1.82) is 0 Å². The van der Waals surface area contributed by atoms with Gasteiger partial charge in [0, 0.05) is 43.7 Å². The van der Waals surface area contributed by atoms with Crippen molar-refractivity contribution in [2.24, 2.45) is 0 Å². The van der Waals surface area contributed by atoms with Gasteiger partial charge in [-0.3, -0.25) is 0 Å². The van der Waals surface area contributed by atoms with Gasteiger partial charge in [-0.2, -0.15) is 0 Å². The molecule has 0 saturated heterocycles. The summed E-state index contributed by atoms with van der Waals surface area (Å²) >= 11 is 0. The minimum Gasteiger partial charge on any atom is -0.456 e. The molecule has 0 fully saturated rings. The fraction of sp³-hybridized carbons (Fsp3) is 0. The van der Waals surface area contributed by atoms with E-state index < -0.39 is 84.6 Å². The minimum absolute atomic E-state index is 0.000365. The Morgan fingerprint density at radius 3 is 1.96 bits per heavy atom. The summed E-state index contributed by atoms with van der Waals surface area (Å²) in [6.45, 7) is 0. The van der Waals surface area contributed by atoms with Crippen molar-refractivity contribution >= 4 is 65.6 Å². The number of rotatable bonds is 3. The molecule has 0 aliphatic carbocycles. The van der Waals surface area contributed by atoms with Crippen LogP contribution in [0.25, 0.3) is 88.1 Å². The predicted octanol–water partition coefficient (Wildman–Crippen LogP) is 11.4. The number of aromatic nitrogens is 2. The van der Waals surface area contributed by atoms with E-state index in [1.807, 2.05) is 34.9 Å². The Bertz CT molecular complexity index is 3540. The largest absolute Gasteiger partial charge is 0.456 e. The van der Waals surface area contributed by atoms with Gasteiger partial charge in [-0.15, -0.1) is 0 Å². The molecule has 7 aromatic carbocycles. The monoisotopic (exact) mass is 589 g/mol. The van der Waals surface area contributed by atoms with Gasteiger partial charge >= 0.3 is 0 Å². The zero-order valence-corrected chi connectivity index (χ0v) is 23.2. The highest BCUT2D eigenvalue weighted by Crippen LogP contribution is 2.40. The first-order valence-corrected chi connectivity index (χ1v) is 14.1. The van der Waals surface area contributed by atoms with E-state index in [1.54, 1.807) is 36.4 Å². The molecule has 210 valence electrons. The number of fused-ring (bicyclic) bond motifs is 9. The number of para-hydroxylation sites is 4. The number of nitrogens with zero attached hydrogens (tertiary/aromatic N) is 2. The van der Waals surface area contributed by atoms with Crippen molar-refractivity contribution in [1.82, 2.24) is 9.13 Å². The topological polar surface area (TPSA) is 23.0 Å². The van der Waals surface area contributed by atoms with Gasteiger partial charge in [0.2, 0.25) is 0 Å². The fourth-order valence-corrected chi connectivity index (χ4v) is 6.43. The summed E-state index contributed by atoms with van der Waals surface area (Å²) in [5.74, 6) is 0. The van der Waals surface area contributed by atoms with Gasteiger partial charge in [0.15, 0.2) is 0 Å². The molecule has 0 radical (unpaired) electrons. The van der Waals surface area contributed by atoms with Gasteiger partial charge in [-0.25, -0.2) is 0 Å². The second-order valence-electron chi connectivity index (χ2n) is 10.6. The first-order chi connectivity index (χ1) is 28.6. The normalized spacial score (nSPS) is 16.7. The van der Waals surface area contributed by atoms with Gasteiger partial charge in [0.25, 0.3) is 0 Å². The zero-order chi connectivity index (χ0) is 42.5. The van der Waals surface area contributed by atoms with Gasteiger partial charge in [-0.1, -0.05) is 96.8 Å². The smallest absolute Gasteiger partial charge is 0.136 e. The standard InChI is InChI=1S/C42H26N2O/c1-5-18-36-31(13-1)32-14-2-6-19-37(32)44(36)29-23-24-39-35(26-29)33-15-3-7-20-38(33)43(39)28-12-9-11-27(25-28)30-17-10-22-41-42(30)34-16-4-8-21-40(34)45-41/h1-26H/i1D,2D,4D,5D,6D,8D,10D,13D,14D,16D,17D,18D,19D,21D,22D. The maximum absolute atomic E-state index is 9.07. The van der Waals surface area contributed by atoms with Crippen LogP contribution in [0.4, 0.5) is 0 Å². The van der Waals surface area contributed by atoms with Crippen molar-refractivity contribution in [3.63, 3.8) is 0 Å². The van der Waals surface area contributed by atoms with Crippen LogP contribution in [0.3, 0.4) is 0 Å². The molecule has 0 amide bonds. The van der Waals surface area contributed by atoms with Crippen molar-refractivity contribution < 1.29 is 25.0 Å². The van der Waals surface area contributed by atoms with E-state index in [1.165, 1.54) is 4.57 Å². The van der Waals surface area contributed by atoms with Gasteiger partial charge in [0.1, 0.15) is 11.2 Å². The quantitative estimate of drug-likeness (QED) is 0.201. The van der Waals surface area contributed by atoms with Crippen molar-refractivity contribution in [3.05, 3.63) is 157 Å². The fourth-order valence-electron chi connectivity index (χ4n) is 6.43. The van der Waals surface area contributed by atoms with Crippen LogP contribution in [0.1, 0.15) is 20.6 Å². The third-order valence-corrected chi connectivity index (χ3v) is 8.29. The number of benzene rings is 7. The first-order valence-electron chi connectivity index (χ1n) is 21.6. The molecule has 0 spiro atoms. The second-order valence-corrected chi connectivity index (χ2v) is 10.6. The SMILES string of the molecule is [2H]c1c([2H])c([2H])c2c(oc3c([2H])c([2H])c([2H])c(-c4cccc(-n5c6ccccc6c6cc(-n7c8c([2H])c([2H])c([2H])c([2H])c8c8c([2H])c([2H])c([2H])c([2H])c87)ccc65)c4)c32)c1[2H]. The summed E-state index contributed by atoms with van der Waals surface area (Å²) in [5.41, 5.74) is 2.67. The van der Waals surface area contributed by atoms with Gasteiger partial charge in [-0.05, 0) is 71.7 Å². The Hall–Kier alpha value is -6.06. The molecule has 0 bridgehead atoms. The molecule has 45 heavy (non-hydrogen) atoms. The van der Waals surface area contributed by atoms with E-state index in [9.17, 15) is 0 Å². The molecular formula is C42H26N2O. The molecule has 3 heteroatoms. The zero-order valence-electron chi connectivity index (χ0n) is 38.2. The van der Waals surface area contributed by atoms with Crippen LogP contribution in [-0.2, 0) is 0 Å². The Labute approximate surface area is 279 Å². The maximum Gasteiger partial charge on any atom is 0.136 e. The molecule has 0 unspecified atom stereocenters. The lowest BCUT2D eigenvalue weighted by molar-refractivity contribution is 0.669. The number of hydrogen-bond donors (Lipinski definition) is 0. The molecule has 0 saturated carbocycles. The number of hydrogen-bond acceptors (Lipinski definition) is 1. The summed E-state index contributed by atoms with van der Waals surface area (Å²) < 4.78 is 139. The lowest BCUT2D eigenvalue weighted by Crippen LogP contribution is -1.96. The van der Waals surface area contributed by atoms with Crippen molar-refractivity contribution in [2.45, 2.75) is 0 Å². The van der Waals surface area contributed by atoms with Crippen LogP contribution in [0.2, 0.25) is 0 Å². The van der Waals surface area contributed by atoms with E-state index in [2.05, 4.69) is 0 Å². The summed E-state index contributed by atoms with van der Waals surface area (Å²) in [6, 6.07) is 13.1. The van der Waals surface area contributed by atoms with Crippen molar-refractivity contribution in [3.8, 4) is 22.5 Å². The van der Waals surface area contributed by atoms with E-state index in [-0.39, 0.29) is 55.4 Å². The van der Waals surface area contributed by atoms with E-state index in [4.69, 9.17) is 25.0 Å². The van der Waals surface area contributed by atoms with Crippen molar-refractivity contribution in [2.75, 3.05) is 0 Å². The first kappa shape index (κ1) is 14.1. The highest BCUT2D eigenvalue weighted by molar-refractivity contribution is 6.14. The van der Waals surface area contributed by atoms with Crippen LogP contribution in [0, 0.1) is 0 Å². The summed E-state index contributed by atoms with van der Waals surface area (Å²) in [6.07, 6.45) is 0. The molecule has 0 aliphatic heterocycles. The molecule has 3 aromatic heterocycles. The molecule has 0 aliphatic rings. The average Bonchev–Trinajstić information content (AvgIpc) is 3.93. The summed E-state index contributed by atoms with van der Waals surface area (Å²) in [5, 5.41) is 1.53. The minimum atomic E-state index is -0.530. The van der Waals surface area contributed by atoms with Gasteiger partial charge in [0.05, 0.1) is 42.6 Å². The van der Waals surface area contributed by atoms with Crippen LogP contribution in [0.15, 0.2) is 162 Å². The highest BCUT2D eigenvalue weighted by Gasteiger charge is 2.17. The average molecular weight is 590 g/mol. The van der Waals surface area contributed by atoms with E-state index in [0.29, 0.717) is 27.8 Å². The summed E-state index contributed by atoms with van der Waals surface area (Å²) in [4.78, 5) is 0. The van der Waals surface area contributed by atoms with E-state index in [0.717, 1.165) is 10.9 Å². The molecule has 10 rings (SSSR count). The van der Waals surface area contributed by atoms with Crippen LogP contribution in [-0.4, -0.2) is 9.13 Å². The molecule has 3 nitrogen and oxygen atoms in total. The molecular weight excluding hydrogens is 548 g/mol. The molecule has 0 N–H and O–H groups in total. The summed E-state index contributed by atoms with van der Waals surface area (Å²) in [7, 11) is 0. The maximum atomic E-state index is 9.07. The predicted molar refractivity (Wildman–Crippen MR) is 188 cm³/mol. The Morgan fingerprint density at radius 1 is 0.444 bits per heavy atom. The second kappa shape index (κ2) is 9.22. The van der Waals surface area contributed by atoms with Crippen LogP contribution < -0.4 is 0 Å². The highest BCUT2D eigenvalue weighted by atomic mass is 16.3. The Morgan fingerprint density at radius 2 is 1.11 bits per heavy atom. The number of furan rings is 1. The Kier molecular flexibility index (Phi) is 2.90. The lowest BCUT2D eigenvalue weighted by atomic mass is 9.99. The molecule has 3 heterocycles. The third kappa shape index (κ3) is 3.46.